The normalized spacial score (nSPS) is 11.2. The highest BCUT2D eigenvalue weighted by Crippen LogP contribution is 2.30. The van der Waals surface area contributed by atoms with Crippen molar-refractivity contribution in [3.63, 3.8) is 0 Å². The Balaban J connectivity index is 1.86. The molecule has 0 atom stereocenters. The fourth-order valence-electron chi connectivity index (χ4n) is 2.53. The molecule has 0 saturated carbocycles. The molecule has 0 aliphatic rings. The molecule has 29 heavy (non-hydrogen) atoms. The van der Waals surface area contributed by atoms with Gasteiger partial charge in [0.1, 0.15) is 16.9 Å². The maximum Gasteiger partial charge on any atom is 0.339 e. The van der Waals surface area contributed by atoms with Crippen LogP contribution in [0.2, 0.25) is 5.02 Å². The van der Waals surface area contributed by atoms with E-state index in [0.29, 0.717) is 18.8 Å². The molecule has 0 saturated heterocycles. The van der Waals surface area contributed by atoms with E-state index in [4.69, 9.17) is 21.4 Å². The standard InChI is InChI=1S/C21H25ClN2O5/c1-21(2,3)29-19(26)12-23-10-13-4-6-14(7-5-13)11-24-17-9-18(25)15(20(27)28)8-16(17)22/h4-9,23-25H,10-12H2,1-3H3,(H,27,28). The van der Waals surface area contributed by atoms with Crippen LogP contribution in [0, 0.1) is 0 Å². The average Bonchev–Trinajstić information content (AvgIpc) is 2.61. The first-order valence-electron chi connectivity index (χ1n) is 9.05. The van der Waals surface area contributed by atoms with Gasteiger partial charge >= 0.3 is 11.9 Å². The zero-order valence-electron chi connectivity index (χ0n) is 16.6. The van der Waals surface area contributed by atoms with Crippen molar-refractivity contribution in [3.05, 3.63) is 58.1 Å². The van der Waals surface area contributed by atoms with Gasteiger partial charge in [-0.25, -0.2) is 4.79 Å². The number of carboxylic acids is 1. The van der Waals surface area contributed by atoms with Crippen LogP contribution >= 0.6 is 11.6 Å². The number of carboxylic acid groups (broad SMARTS) is 1. The molecule has 0 bridgehead atoms. The lowest BCUT2D eigenvalue weighted by Crippen LogP contribution is -2.31. The van der Waals surface area contributed by atoms with E-state index in [1.54, 1.807) is 0 Å². The van der Waals surface area contributed by atoms with E-state index in [1.165, 1.54) is 12.1 Å². The van der Waals surface area contributed by atoms with Crippen molar-refractivity contribution in [1.29, 1.82) is 0 Å². The maximum atomic E-state index is 11.7. The third-order valence-electron chi connectivity index (χ3n) is 3.84. The van der Waals surface area contributed by atoms with Gasteiger partial charge in [-0.05, 0) is 38.0 Å². The molecular weight excluding hydrogens is 396 g/mol. The highest BCUT2D eigenvalue weighted by atomic mass is 35.5. The lowest BCUT2D eigenvalue weighted by atomic mass is 10.1. The van der Waals surface area contributed by atoms with Crippen LogP contribution in [0.1, 0.15) is 42.3 Å². The smallest absolute Gasteiger partial charge is 0.339 e. The average molecular weight is 421 g/mol. The number of aromatic carboxylic acids is 1. The first kappa shape index (κ1) is 22.5. The summed E-state index contributed by atoms with van der Waals surface area (Å²) < 4.78 is 5.24. The molecule has 2 aromatic rings. The summed E-state index contributed by atoms with van der Waals surface area (Å²) in [5, 5.41) is 25.1. The zero-order valence-corrected chi connectivity index (χ0v) is 17.3. The quantitative estimate of drug-likeness (QED) is 0.481. The van der Waals surface area contributed by atoms with E-state index < -0.39 is 11.6 Å². The summed E-state index contributed by atoms with van der Waals surface area (Å²) in [4.78, 5) is 22.7. The molecule has 0 amide bonds. The maximum absolute atomic E-state index is 11.7. The number of carbonyl (C=O) groups excluding carboxylic acids is 1. The van der Waals surface area contributed by atoms with E-state index in [1.807, 2.05) is 45.0 Å². The van der Waals surface area contributed by atoms with E-state index in [0.717, 1.165) is 11.1 Å². The van der Waals surface area contributed by atoms with Gasteiger partial charge in [0, 0.05) is 19.2 Å². The Kier molecular flexibility index (Phi) is 7.47. The number of ether oxygens (including phenoxy) is 1. The van der Waals surface area contributed by atoms with Gasteiger partial charge in [0.25, 0.3) is 0 Å². The predicted molar refractivity (Wildman–Crippen MR) is 111 cm³/mol. The topological polar surface area (TPSA) is 108 Å². The largest absolute Gasteiger partial charge is 0.507 e. The number of phenols is 1. The van der Waals surface area contributed by atoms with Gasteiger partial charge < -0.3 is 25.6 Å². The molecular formula is C21H25ClN2O5. The van der Waals surface area contributed by atoms with E-state index >= 15 is 0 Å². The van der Waals surface area contributed by atoms with Crippen LogP contribution in [-0.4, -0.2) is 34.3 Å². The first-order chi connectivity index (χ1) is 13.5. The number of carbonyl (C=O) groups is 2. The minimum absolute atomic E-state index is 0.134. The number of rotatable bonds is 8. The summed E-state index contributed by atoms with van der Waals surface area (Å²) >= 11 is 6.08. The van der Waals surface area contributed by atoms with Crippen LogP contribution in [0.25, 0.3) is 0 Å². The minimum atomic E-state index is -1.24. The van der Waals surface area contributed by atoms with Gasteiger partial charge in [0.05, 0.1) is 17.3 Å². The summed E-state index contributed by atoms with van der Waals surface area (Å²) in [6, 6.07) is 10.2. The monoisotopic (exact) mass is 420 g/mol. The Hall–Kier alpha value is -2.77. The number of aromatic hydroxyl groups is 1. The Morgan fingerprint density at radius 1 is 1.07 bits per heavy atom. The van der Waals surface area contributed by atoms with Crippen molar-refractivity contribution in [3.8, 4) is 5.75 Å². The van der Waals surface area contributed by atoms with Crippen LogP contribution in [0.3, 0.4) is 0 Å². The molecule has 0 radical (unpaired) electrons. The summed E-state index contributed by atoms with van der Waals surface area (Å²) in [6.07, 6.45) is 0. The molecule has 8 heteroatoms. The second-order valence-electron chi connectivity index (χ2n) is 7.51. The number of anilines is 1. The SMILES string of the molecule is CC(C)(C)OC(=O)CNCc1ccc(CNc2cc(O)c(C(=O)O)cc2Cl)cc1. The van der Waals surface area contributed by atoms with Gasteiger partial charge in [-0.2, -0.15) is 0 Å². The summed E-state index contributed by atoms with van der Waals surface area (Å²) in [6.45, 7) is 6.58. The minimum Gasteiger partial charge on any atom is -0.507 e. The molecule has 4 N–H and O–H groups in total. The van der Waals surface area contributed by atoms with Gasteiger partial charge in [-0.15, -0.1) is 0 Å². The Labute approximate surface area is 174 Å². The Bertz CT molecular complexity index is 876. The fourth-order valence-corrected chi connectivity index (χ4v) is 2.76. The van der Waals surface area contributed by atoms with Gasteiger partial charge in [0.15, 0.2) is 0 Å². The van der Waals surface area contributed by atoms with Crippen molar-refractivity contribution in [2.45, 2.75) is 39.5 Å². The van der Waals surface area contributed by atoms with Gasteiger partial charge in [-0.1, -0.05) is 35.9 Å². The fraction of sp³-hybridized carbons (Fsp3) is 0.333. The molecule has 2 aromatic carbocycles. The molecule has 2 rings (SSSR count). The molecule has 0 unspecified atom stereocenters. The molecule has 0 heterocycles. The third-order valence-corrected chi connectivity index (χ3v) is 4.15. The number of hydrogen-bond donors (Lipinski definition) is 4. The molecule has 0 fully saturated rings. The molecule has 0 aliphatic heterocycles. The van der Waals surface area contributed by atoms with Crippen molar-refractivity contribution in [2.24, 2.45) is 0 Å². The van der Waals surface area contributed by atoms with Crippen LogP contribution in [-0.2, 0) is 22.6 Å². The van der Waals surface area contributed by atoms with Crippen LogP contribution in [0.4, 0.5) is 5.69 Å². The second kappa shape index (κ2) is 9.62. The first-order valence-corrected chi connectivity index (χ1v) is 9.43. The predicted octanol–water partition coefficient (Wildman–Crippen LogP) is 3.79. The zero-order chi connectivity index (χ0) is 21.6. The number of esters is 1. The molecule has 156 valence electrons. The van der Waals surface area contributed by atoms with Gasteiger partial charge in [0.2, 0.25) is 0 Å². The lowest BCUT2D eigenvalue weighted by Gasteiger charge is -2.19. The number of benzene rings is 2. The highest BCUT2D eigenvalue weighted by molar-refractivity contribution is 6.33. The van der Waals surface area contributed by atoms with Gasteiger partial charge in [-0.3, -0.25) is 4.79 Å². The third kappa shape index (κ3) is 7.29. The summed E-state index contributed by atoms with van der Waals surface area (Å²) in [7, 11) is 0. The lowest BCUT2D eigenvalue weighted by molar-refractivity contribution is -0.153. The van der Waals surface area contributed by atoms with Crippen molar-refractivity contribution in [2.75, 3.05) is 11.9 Å². The van der Waals surface area contributed by atoms with E-state index in [9.17, 15) is 14.7 Å². The molecule has 0 aliphatic carbocycles. The van der Waals surface area contributed by atoms with Crippen LogP contribution in [0.15, 0.2) is 36.4 Å². The summed E-state index contributed by atoms with van der Waals surface area (Å²) in [5.74, 6) is -1.89. The van der Waals surface area contributed by atoms with Crippen molar-refractivity contribution in [1.82, 2.24) is 5.32 Å². The number of nitrogens with one attached hydrogen (secondary N) is 2. The van der Waals surface area contributed by atoms with E-state index in [2.05, 4.69) is 10.6 Å². The highest BCUT2D eigenvalue weighted by Gasteiger charge is 2.15. The Morgan fingerprint density at radius 2 is 1.66 bits per heavy atom. The molecule has 0 aromatic heterocycles. The Morgan fingerprint density at radius 3 is 2.21 bits per heavy atom. The van der Waals surface area contributed by atoms with E-state index in [-0.39, 0.29) is 28.8 Å². The molecule has 7 nitrogen and oxygen atoms in total. The van der Waals surface area contributed by atoms with Crippen LogP contribution < -0.4 is 10.6 Å². The number of hydrogen-bond acceptors (Lipinski definition) is 6. The molecule has 0 spiro atoms. The van der Waals surface area contributed by atoms with Crippen LogP contribution in [0.5, 0.6) is 5.75 Å². The second-order valence-corrected chi connectivity index (χ2v) is 7.92. The number of halogens is 1. The summed E-state index contributed by atoms with van der Waals surface area (Å²) in [5.41, 5.74) is 1.68. The van der Waals surface area contributed by atoms with Crippen molar-refractivity contribution < 1.29 is 24.5 Å². The van der Waals surface area contributed by atoms with Crippen molar-refractivity contribution >= 4 is 29.2 Å².